The van der Waals surface area contributed by atoms with E-state index in [1.807, 2.05) is 25.1 Å². The molecule has 4 rings (SSSR count). The van der Waals surface area contributed by atoms with E-state index in [1.165, 1.54) is 42.7 Å². The molecule has 1 heterocycles. The van der Waals surface area contributed by atoms with Crippen molar-refractivity contribution in [3.63, 3.8) is 0 Å². The van der Waals surface area contributed by atoms with E-state index >= 15 is 0 Å². The van der Waals surface area contributed by atoms with Crippen LogP contribution in [-0.2, 0) is 0 Å². The molecule has 0 atom stereocenters. The Morgan fingerprint density at radius 2 is 1.79 bits per heavy atom. The van der Waals surface area contributed by atoms with Crippen molar-refractivity contribution >= 4 is 27.2 Å². The SMILES string of the molecule is COc1cc(F)ccc1-c1sc2cc(C)ccc2c1C(=O)c1ccc(O)cc1. The quantitative estimate of drug-likeness (QED) is 0.436. The molecule has 4 aromatic rings. The molecule has 0 saturated heterocycles. The van der Waals surface area contributed by atoms with Gasteiger partial charge in [0.25, 0.3) is 0 Å². The van der Waals surface area contributed by atoms with Crippen molar-refractivity contribution in [2.75, 3.05) is 7.11 Å². The Balaban J connectivity index is 2.00. The van der Waals surface area contributed by atoms with E-state index in [2.05, 4.69) is 0 Å². The summed E-state index contributed by atoms with van der Waals surface area (Å²) in [5.74, 6) is -0.0775. The molecule has 0 spiro atoms. The number of hydrogen-bond donors (Lipinski definition) is 1. The van der Waals surface area contributed by atoms with Crippen LogP contribution in [0.25, 0.3) is 20.5 Å². The van der Waals surface area contributed by atoms with E-state index < -0.39 is 5.82 Å². The zero-order chi connectivity index (χ0) is 19.8. The monoisotopic (exact) mass is 392 g/mol. The molecule has 0 amide bonds. The summed E-state index contributed by atoms with van der Waals surface area (Å²) in [5, 5.41) is 10.4. The number of methoxy groups -OCH3 is 1. The number of carbonyl (C=O) groups is 1. The van der Waals surface area contributed by atoms with Crippen molar-refractivity contribution in [1.82, 2.24) is 0 Å². The number of carbonyl (C=O) groups excluding carboxylic acids is 1. The summed E-state index contributed by atoms with van der Waals surface area (Å²) in [5.41, 5.74) is 2.79. The number of phenols is 1. The van der Waals surface area contributed by atoms with Gasteiger partial charge in [0.15, 0.2) is 5.78 Å². The highest BCUT2D eigenvalue weighted by Crippen LogP contribution is 2.43. The zero-order valence-electron chi connectivity index (χ0n) is 15.3. The third-order valence-electron chi connectivity index (χ3n) is 4.61. The third-order valence-corrected chi connectivity index (χ3v) is 5.80. The molecule has 140 valence electrons. The molecule has 0 aliphatic rings. The number of benzene rings is 3. The van der Waals surface area contributed by atoms with Crippen molar-refractivity contribution < 1.29 is 19.0 Å². The summed E-state index contributed by atoms with van der Waals surface area (Å²) in [4.78, 5) is 14.1. The minimum atomic E-state index is -0.399. The Labute approximate surface area is 165 Å². The van der Waals surface area contributed by atoms with Gasteiger partial charge < -0.3 is 9.84 Å². The Bertz CT molecular complexity index is 1190. The standard InChI is InChI=1S/C23H17FO3S/c1-13-3-9-18-20(11-13)28-23(17-10-6-15(24)12-19(17)27-2)21(18)22(26)14-4-7-16(25)8-5-14/h3-12,25H,1-2H3. The lowest BCUT2D eigenvalue weighted by Gasteiger charge is -2.10. The summed E-state index contributed by atoms with van der Waals surface area (Å²) < 4.78 is 20.1. The molecule has 0 radical (unpaired) electrons. The number of rotatable bonds is 4. The predicted molar refractivity (Wildman–Crippen MR) is 110 cm³/mol. The number of ether oxygens (including phenoxy) is 1. The summed E-state index contributed by atoms with van der Waals surface area (Å²) in [6.45, 7) is 2.00. The van der Waals surface area contributed by atoms with Gasteiger partial charge in [-0.3, -0.25) is 4.79 Å². The van der Waals surface area contributed by atoms with Crippen LogP contribution < -0.4 is 4.74 Å². The van der Waals surface area contributed by atoms with Gasteiger partial charge in [0.2, 0.25) is 0 Å². The molecule has 0 bridgehead atoms. The number of aryl methyl sites for hydroxylation is 1. The minimum absolute atomic E-state index is 0.0998. The molecule has 1 aromatic heterocycles. The van der Waals surface area contributed by atoms with Crippen LogP contribution in [0.15, 0.2) is 60.7 Å². The number of halogens is 1. The molecule has 1 N–H and O–H groups in total. The van der Waals surface area contributed by atoms with Gasteiger partial charge in [-0.05, 0) is 55.0 Å². The lowest BCUT2D eigenvalue weighted by Crippen LogP contribution is -2.02. The fourth-order valence-corrected chi connectivity index (χ4v) is 4.56. The lowest BCUT2D eigenvalue weighted by molar-refractivity contribution is 0.104. The van der Waals surface area contributed by atoms with Crippen molar-refractivity contribution in [2.24, 2.45) is 0 Å². The van der Waals surface area contributed by atoms with Crippen LogP contribution in [0, 0.1) is 12.7 Å². The summed E-state index contributed by atoms with van der Waals surface area (Å²) in [7, 11) is 1.48. The maximum absolute atomic E-state index is 13.7. The molecule has 0 aliphatic carbocycles. The third kappa shape index (κ3) is 3.14. The normalized spacial score (nSPS) is 11.0. The van der Waals surface area contributed by atoms with Crippen molar-refractivity contribution in [3.05, 3.63) is 83.2 Å². The Morgan fingerprint density at radius 1 is 1.04 bits per heavy atom. The highest BCUT2D eigenvalue weighted by atomic mass is 32.1. The smallest absolute Gasteiger partial charge is 0.195 e. The van der Waals surface area contributed by atoms with Crippen LogP contribution in [0.5, 0.6) is 11.5 Å². The van der Waals surface area contributed by atoms with Gasteiger partial charge >= 0.3 is 0 Å². The minimum Gasteiger partial charge on any atom is -0.508 e. The number of phenolic OH excluding ortho intramolecular Hbond substituents is 1. The van der Waals surface area contributed by atoms with Gasteiger partial charge in [0.05, 0.1) is 12.0 Å². The van der Waals surface area contributed by atoms with Crippen LogP contribution >= 0.6 is 11.3 Å². The van der Waals surface area contributed by atoms with Crippen LogP contribution in [0.4, 0.5) is 4.39 Å². The van der Waals surface area contributed by atoms with Crippen LogP contribution in [0.3, 0.4) is 0 Å². The van der Waals surface area contributed by atoms with Gasteiger partial charge in [-0.15, -0.1) is 11.3 Å². The Morgan fingerprint density at radius 3 is 2.50 bits per heavy atom. The van der Waals surface area contributed by atoms with Crippen molar-refractivity contribution in [1.29, 1.82) is 0 Å². The van der Waals surface area contributed by atoms with Gasteiger partial charge in [0.1, 0.15) is 17.3 Å². The molecular formula is C23H17FO3S. The van der Waals surface area contributed by atoms with E-state index in [9.17, 15) is 14.3 Å². The van der Waals surface area contributed by atoms with Gasteiger partial charge in [-0.2, -0.15) is 0 Å². The van der Waals surface area contributed by atoms with Crippen LogP contribution in [0.2, 0.25) is 0 Å². The van der Waals surface area contributed by atoms with E-state index in [1.54, 1.807) is 18.2 Å². The molecule has 0 unspecified atom stereocenters. The van der Waals surface area contributed by atoms with Crippen LogP contribution in [-0.4, -0.2) is 18.0 Å². The van der Waals surface area contributed by atoms with Crippen molar-refractivity contribution in [2.45, 2.75) is 6.92 Å². The highest BCUT2D eigenvalue weighted by molar-refractivity contribution is 7.22. The molecule has 0 fully saturated rings. The second-order valence-corrected chi connectivity index (χ2v) is 7.58. The number of ketones is 1. The summed E-state index contributed by atoms with van der Waals surface area (Å²) in [6, 6.07) is 16.4. The van der Waals surface area contributed by atoms with Gasteiger partial charge in [0, 0.05) is 32.8 Å². The first-order valence-corrected chi connectivity index (χ1v) is 9.50. The van der Waals surface area contributed by atoms with Crippen molar-refractivity contribution in [3.8, 4) is 21.9 Å². The number of hydrogen-bond acceptors (Lipinski definition) is 4. The second-order valence-electron chi connectivity index (χ2n) is 6.53. The molecule has 5 heteroatoms. The Hall–Kier alpha value is -3.18. The first-order valence-electron chi connectivity index (χ1n) is 8.68. The fraction of sp³-hybridized carbons (Fsp3) is 0.0870. The largest absolute Gasteiger partial charge is 0.508 e. The molecule has 0 saturated carbocycles. The first kappa shape index (κ1) is 18.2. The molecule has 3 nitrogen and oxygen atoms in total. The van der Waals surface area contributed by atoms with E-state index in [4.69, 9.17) is 4.74 Å². The van der Waals surface area contributed by atoms with Gasteiger partial charge in [-0.1, -0.05) is 12.1 Å². The predicted octanol–water partition coefficient (Wildman–Crippen LogP) is 5.96. The maximum Gasteiger partial charge on any atom is 0.195 e. The Kier molecular flexibility index (Phi) is 4.61. The number of thiophene rings is 1. The molecule has 3 aromatic carbocycles. The molecular weight excluding hydrogens is 375 g/mol. The fourth-order valence-electron chi connectivity index (χ4n) is 3.23. The zero-order valence-corrected chi connectivity index (χ0v) is 16.1. The topological polar surface area (TPSA) is 46.5 Å². The number of aromatic hydroxyl groups is 1. The summed E-state index contributed by atoms with van der Waals surface area (Å²) in [6.07, 6.45) is 0. The highest BCUT2D eigenvalue weighted by Gasteiger charge is 2.23. The van der Waals surface area contributed by atoms with Gasteiger partial charge in [-0.25, -0.2) is 4.39 Å². The second kappa shape index (κ2) is 7.09. The average Bonchev–Trinajstić information content (AvgIpc) is 3.06. The first-order chi connectivity index (χ1) is 13.5. The average molecular weight is 392 g/mol. The van der Waals surface area contributed by atoms with E-state index in [0.29, 0.717) is 22.4 Å². The van der Waals surface area contributed by atoms with E-state index in [0.717, 1.165) is 20.5 Å². The number of fused-ring (bicyclic) bond motifs is 1. The van der Waals surface area contributed by atoms with E-state index in [-0.39, 0.29) is 11.5 Å². The maximum atomic E-state index is 13.7. The van der Waals surface area contributed by atoms with Crippen LogP contribution in [0.1, 0.15) is 21.5 Å². The molecule has 0 aliphatic heterocycles. The molecule has 28 heavy (non-hydrogen) atoms. The summed E-state index contributed by atoms with van der Waals surface area (Å²) >= 11 is 1.48. The lowest BCUT2D eigenvalue weighted by atomic mass is 9.97.